The molecule has 1 unspecified atom stereocenters. The Morgan fingerprint density at radius 2 is 2.03 bits per heavy atom. The zero-order valence-corrected chi connectivity index (χ0v) is 17.0. The molecule has 2 aliphatic rings. The summed E-state index contributed by atoms with van der Waals surface area (Å²) in [5.41, 5.74) is 0. The second-order valence-electron chi connectivity index (χ2n) is 7.21. The minimum absolute atomic E-state index is 0.207. The predicted octanol–water partition coefficient (Wildman–Crippen LogP) is 2.13. The van der Waals surface area contributed by atoms with Crippen molar-refractivity contribution in [3.63, 3.8) is 0 Å². The van der Waals surface area contributed by atoms with Crippen LogP contribution in [0.5, 0.6) is 5.88 Å². The van der Waals surface area contributed by atoms with Gasteiger partial charge in [0, 0.05) is 50.5 Å². The third-order valence-corrected chi connectivity index (χ3v) is 6.00. The van der Waals surface area contributed by atoms with Gasteiger partial charge in [0.05, 0.1) is 4.75 Å². The van der Waals surface area contributed by atoms with Crippen LogP contribution in [0.15, 0.2) is 24.4 Å². The van der Waals surface area contributed by atoms with E-state index in [4.69, 9.17) is 14.6 Å². The van der Waals surface area contributed by atoms with E-state index in [9.17, 15) is 18.0 Å². The summed E-state index contributed by atoms with van der Waals surface area (Å²) in [6, 6.07) is 5.73. The summed E-state index contributed by atoms with van der Waals surface area (Å²) in [5.74, 6) is -0.805. The summed E-state index contributed by atoms with van der Waals surface area (Å²) in [4.78, 5) is 29.2. The molecule has 162 valence electrons. The molecular formula is C18H24F3N3O4S. The molecule has 3 rings (SSSR count). The van der Waals surface area contributed by atoms with Gasteiger partial charge in [0.25, 0.3) is 0 Å². The van der Waals surface area contributed by atoms with Crippen molar-refractivity contribution in [3.05, 3.63) is 24.4 Å². The number of halogens is 3. The zero-order chi connectivity index (χ0) is 21.7. The Morgan fingerprint density at radius 3 is 2.55 bits per heavy atom. The maximum Gasteiger partial charge on any atom is 0.490 e. The topological polar surface area (TPSA) is 83.0 Å². The fourth-order valence-corrected chi connectivity index (χ4v) is 4.51. The summed E-state index contributed by atoms with van der Waals surface area (Å²) in [5, 5.41) is 7.12. The molecule has 2 saturated heterocycles. The molecule has 3 heterocycles. The maximum absolute atomic E-state index is 12.1. The number of alkyl halides is 3. The minimum Gasteiger partial charge on any atom is -0.475 e. The van der Waals surface area contributed by atoms with Crippen molar-refractivity contribution in [3.8, 4) is 5.88 Å². The SMILES string of the molecule is CN(C)CCC(=O)N1CC2(CC(Oc3ccccn3)CS2)C1.O=C(O)C(F)(F)F. The first-order valence-electron chi connectivity index (χ1n) is 8.95. The molecule has 0 radical (unpaired) electrons. The number of hydrogen-bond donors (Lipinski definition) is 1. The molecule has 0 bridgehead atoms. The molecule has 2 aliphatic heterocycles. The highest BCUT2D eigenvalue weighted by molar-refractivity contribution is 8.01. The highest BCUT2D eigenvalue weighted by Gasteiger charge is 2.51. The zero-order valence-electron chi connectivity index (χ0n) is 16.2. The lowest BCUT2D eigenvalue weighted by Gasteiger charge is -2.47. The molecule has 1 aromatic rings. The molecule has 1 N–H and O–H groups in total. The summed E-state index contributed by atoms with van der Waals surface area (Å²) >= 11 is 1.95. The summed E-state index contributed by atoms with van der Waals surface area (Å²) in [6.45, 7) is 2.55. The van der Waals surface area contributed by atoms with Crippen LogP contribution in [0.25, 0.3) is 0 Å². The monoisotopic (exact) mass is 435 g/mol. The van der Waals surface area contributed by atoms with Gasteiger partial charge in [0.2, 0.25) is 11.8 Å². The number of carboxylic acids is 1. The minimum atomic E-state index is -5.08. The summed E-state index contributed by atoms with van der Waals surface area (Å²) in [7, 11) is 3.99. The standard InChI is InChI=1S/C16H23N3O2S.C2HF3O2/c1-18(2)8-6-15(20)19-11-16(12-19)9-13(10-22-16)21-14-5-3-4-7-17-14;3-2(4,5)1(6)7/h3-5,7,13H,6,8-12H2,1-2H3;(H,6,7). The third-order valence-electron chi connectivity index (χ3n) is 4.43. The Morgan fingerprint density at radius 1 is 1.38 bits per heavy atom. The van der Waals surface area contributed by atoms with Crippen molar-refractivity contribution < 1.29 is 32.6 Å². The van der Waals surface area contributed by atoms with Crippen LogP contribution >= 0.6 is 11.8 Å². The molecule has 1 amide bonds. The highest BCUT2D eigenvalue weighted by atomic mass is 32.2. The van der Waals surface area contributed by atoms with Gasteiger partial charge in [-0.1, -0.05) is 6.07 Å². The Labute approximate surface area is 171 Å². The van der Waals surface area contributed by atoms with Gasteiger partial charge >= 0.3 is 12.1 Å². The van der Waals surface area contributed by atoms with Crippen LogP contribution in [0.3, 0.4) is 0 Å². The number of carbonyl (C=O) groups is 2. The van der Waals surface area contributed by atoms with Gasteiger partial charge < -0.3 is 19.6 Å². The molecule has 29 heavy (non-hydrogen) atoms. The third kappa shape index (κ3) is 7.07. The van der Waals surface area contributed by atoms with Crippen molar-refractivity contribution in [1.82, 2.24) is 14.8 Å². The fourth-order valence-electron chi connectivity index (χ4n) is 2.99. The number of rotatable bonds is 5. The smallest absolute Gasteiger partial charge is 0.475 e. The average Bonchev–Trinajstić information content (AvgIpc) is 3.03. The van der Waals surface area contributed by atoms with Crippen molar-refractivity contribution >= 4 is 23.6 Å². The van der Waals surface area contributed by atoms with Crippen LogP contribution in [-0.4, -0.2) is 88.3 Å². The quantitative estimate of drug-likeness (QED) is 0.759. The molecule has 1 atom stereocenters. The van der Waals surface area contributed by atoms with Crippen LogP contribution in [0.1, 0.15) is 12.8 Å². The number of ether oxygens (including phenoxy) is 1. The second kappa shape index (κ2) is 9.66. The van der Waals surface area contributed by atoms with Gasteiger partial charge in [-0.3, -0.25) is 4.79 Å². The first-order chi connectivity index (χ1) is 13.5. The molecule has 0 saturated carbocycles. The fraction of sp³-hybridized carbons (Fsp3) is 0.611. The Kier molecular flexibility index (Phi) is 7.75. The van der Waals surface area contributed by atoms with E-state index in [0.717, 1.165) is 31.8 Å². The first kappa shape index (κ1) is 23.3. The van der Waals surface area contributed by atoms with Gasteiger partial charge in [0.1, 0.15) is 6.10 Å². The lowest BCUT2D eigenvalue weighted by molar-refractivity contribution is -0.192. The van der Waals surface area contributed by atoms with E-state index in [1.807, 2.05) is 49.0 Å². The number of amides is 1. The Hall–Kier alpha value is -2.01. The van der Waals surface area contributed by atoms with Crippen LogP contribution in [0.4, 0.5) is 13.2 Å². The number of hydrogen-bond acceptors (Lipinski definition) is 6. The average molecular weight is 435 g/mol. The van der Waals surface area contributed by atoms with Crippen LogP contribution in [-0.2, 0) is 9.59 Å². The lowest BCUT2D eigenvalue weighted by Crippen LogP contribution is -2.61. The number of aromatic nitrogens is 1. The molecule has 2 fully saturated rings. The molecule has 0 aromatic carbocycles. The van der Waals surface area contributed by atoms with Crippen molar-refractivity contribution in [2.75, 3.05) is 39.5 Å². The molecule has 1 spiro atoms. The van der Waals surface area contributed by atoms with Gasteiger partial charge in [-0.2, -0.15) is 13.2 Å². The Balaban J connectivity index is 0.000000370. The summed E-state index contributed by atoms with van der Waals surface area (Å²) < 4.78 is 37.9. The van der Waals surface area contributed by atoms with E-state index in [1.165, 1.54) is 0 Å². The van der Waals surface area contributed by atoms with E-state index < -0.39 is 12.1 Å². The second-order valence-corrected chi connectivity index (χ2v) is 8.70. The molecule has 1 aromatic heterocycles. The Bertz CT molecular complexity index is 697. The number of pyridine rings is 1. The van der Waals surface area contributed by atoms with Crippen molar-refractivity contribution in [2.45, 2.75) is 29.9 Å². The number of aliphatic carboxylic acids is 1. The van der Waals surface area contributed by atoms with Gasteiger partial charge in [-0.15, -0.1) is 11.8 Å². The molecule has 7 nitrogen and oxygen atoms in total. The van der Waals surface area contributed by atoms with Crippen molar-refractivity contribution in [1.29, 1.82) is 0 Å². The normalized spacial score (nSPS) is 20.1. The number of likely N-dealkylation sites (tertiary alicyclic amines) is 1. The van der Waals surface area contributed by atoms with E-state index in [-0.39, 0.29) is 16.8 Å². The van der Waals surface area contributed by atoms with E-state index >= 15 is 0 Å². The lowest BCUT2D eigenvalue weighted by atomic mass is 9.92. The number of nitrogens with zero attached hydrogens (tertiary/aromatic N) is 3. The summed E-state index contributed by atoms with van der Waals surface area (Å²) in [6.07, 6.45) is -1.51. The molecular weight excluding hydrogens is 411 g/mol. The van der Waals surface area contributed by atoms with Crippen molar-refractivity contribution in [2.24, 2.45) is 0 Å². The van der Waals surface area contributed by atoms with Gasteiger partial charge in [-0.25, -0.2) is 9.78 Å². The predicted molar refractivity (Wildman–Crippen MR) is 102 cm³/mol. The highest BCUT2D eigenvalue weighted by Crippen LogP contribution is 2.46. The van der Waals surface area contributed by atoms with Crippen LogP contribution < -0.4 is 4.74 Å². The van der Waals surface area contributed by atoms with E-state index in [0.29, 0.717) is 12.3 Å². The maximum atomic E-state index is 12.1. The number of thioether (sulfide) groups is 1. The van der Waals surface area contributed by atoms with E-state index in [2.05, 4.69) is 9.88 Å². The van der Waals surface area contributed by atoms with Gasteiger partial charge in [0.15, 0.2) is 0 Å². The number of carbonyl (C=O) groups excluding carboxylic acids is 1. The van der Waals surface area contributed by atoms with Gasteiger partial charge in [-0.05, 0) is 20.2 Å². The van der Waals surface area contributed by atoms with Crippen LogP contribution in [0, 0.1) is 0 Å². The van der Waals surface area contributed by atoms with E-state index in [1.54, 1.807) is 6.20 Å². The number of carboxylic acid groups (broad SMARTS) is 1. The molecule has 11 heteroatoms. The molecule has 0 aliphatic carbocycles. The van der Waals surface area contributed by atoms with Crippen LogP contribution in [0.2, 0.25) is 0 Å². The first-order valence-corrected chi connectivity index (χ1v) is 9.93. The largest absolute Gasteiger partial charge is 0.490 e.